The van der Waals surface area contributed by atoms with Gasteiger partial charge in [-0.25, -0.2) is 4.39 Å². The van der Waals surface area contributed by atoms with Crippen molar-refractivity contribution in [1.29, 1.82) is 0 Å². The molecule has 1 N–H and O–H groups in total. The van der Waals surface area contributed by atoms with Crippen LogP contribution in [0.5, 0.6) is 0 Å². The number of nitrogens with one attached hydrogen (secondary N) is 1. The first-order chi connectivity index (χ1) is 9.87. The van der Waals surface area contributed by atoms with Gasteiger partial charge in [0.2, 0.25) is 0 Å². The molecule has 0 radical (unpaired) electrons. The number of halogens is 7. The van der Waals surface area contributed by atoms with Crippen molar-refractivity contribution in [1.82, 2.24) is 10.2 Å². The molecule has 1 fully saturated rings. The maximum Gasteiger partial charge on any atom is 0.389 e. The zero-order valence-electron chi connectivity index (χ0n) is 12.2. The summed E-state index contributed by atoms with van der Waals surface area (Å²) in [6.07, 6.45) is -5.35. The second kappa shape index (κ2) is 9.89. The summed E-state index contributed by atoms with van der Waals surface area (Å²) in [5.41, 5.74) is 0.244. The first kappa shape index (κ1) is 22.7. The van der Waals surface area contributed by atoms with Gasteiger partial charge in [0.1, 0.15) is 5.82 Å². The highest BCUT2D eigenvalue weighted by Crippen LogP contribution is 2.34. The summed E-state index contributed by atoms with van der Waals surface area (Å²) in [5, 5.41) is 3.47. The molecule has 2 nitrogen and oxygen atoms in total. The molecule has 9 heteroatoms. The number of nitrogens with zero attached hydrogens (tertiary/aromatic N) is 1. The van der Waals surface area contributed by atoms with Crippen LogP contribution in [0, 0.1) is 5.82 Å². The molecule has 0 aliphatic carbocycles. The Morgan fingerprint density at radius 3 is 2.35 bits per heavy atom. The van der Waals surface area contributed by atoms with Crippen molar-refractivity contribution in [3.63, 3.8) is 0 Å². The third kappa shape index (κ3) is 7.01. The molecule has 23 heavy (non-hydrogen) atoms. The Balaban J connectivity index is 0.00000242. The van der Waals surface area contributed by atoms with E-state index in [1.54, 1.807) is 0 Å². The average Bonchev–Trinajstić information content (AvgIpc) is 2.43. The van der Waals surface area contributed by atoms with Crippen LogP contribution < -0.4 is 5.32 Å². The maximum absolute atomic E-state index is 14.0. The highest BCUT2D eigenvalue weighted by molar-refractivity contribution is 6.30. The molecular weight excluding hydrogens is 379 g/mol. The molecule has 1 aromatic carbocycles. The molecule has 1 atom stereocenters. The normalized spacial score (nSPS) is 17.1. The van der Waals surface area contributed by atoms with Crippen molar-refractivity contribution in [2.24, 2.45) is 0 Å². The van der Waals surface area contributed by atoms with Crippen molar-refractivity contribution in [3.8, 4) is 0 Å². The van der Waals surface area contributed by atoms with Gasteiger partial charge in [-0.05, 0) is 24.6 Å². The standard InChI is InChI=1S/C14H17ClF4N2.2ClH/c15-10-1-2-12(16)11(9-10)13(3-4-14(17,18)19)21-7-5-20-6-8-21;;/h1-2,9,13,20H,3-8H2;2*1H/t13-;;/m0../s1. The first-order valence-corrected chi connectivity index (χ1v) is 7.21. The second-order valence-electron chi connectivity index (χ2n) is 5.12. The summed E-state index contributed by atoms with van der Waals surface area (Å²) in [7, 11) is 0. The lowest BCUT2D eigenvalue weighted by Gasteiger charge is -2.35. The monoisotopic (exact) mass is 396 g/mol. The number of alkyl halides is 3. The molecule has 1 aliphatic heterocycles. The van der Waals surface area contributed by atoms with E-state index in [1.165, 1.54) is 18.2 Å². The van der Waals surface area contributed by atoms with Gasteiger partial charge in [0, 0.05) is 49.2 Å². The molecule has 0 spiro atoms. The van der Waals surface area contributed by atoms with Crippen molar-refractivity contribution in [2.75, 3.05) is 26.2 Å². The molecule has 1 heterocycles. The van der Waals surface area contributed by atoms with Gasteiger partial charge in [-0.3, -0.25) is 4.90 Å². The van der Waals surface area contributed by atoms with Crippen molar-refractivity contribution >= 4 is 36.4 Å². The lowest BCUT2D eigenvalue weighted by Crippen LogP contribution is -2.45. The molecule has 0 unspecified atom stereocenters. The molecule has 0 bridgehead atoms. The van der Waals surface area contributed by atoms with Gasteiger partial charge < -0.3 is 5.32 Å². The minimum absolute atomic E-state index is 0. The Labute approximate surface area is 150 Å². The van der Waals surface area contributed by atoms with Crippen LogP contribution in [0.3, 0.4) is 0 Å². The van der Waals surface area contributed by atoms with Crippen LogP contribution in [0.2, 0.25) is 5.02 Å². The smallest absolute Gasteiger partial charge is 0.314 e. The zero-order chi connectivity index (χ0) is 15.5. The first-order valence-electron chi connectivity index (χ1n) is 6.83. The van der Waals surface area contributed by atoms with Gasteiger partial charge in [0.05, 0.1) is 0 Å². The van der Waals surface area contributed by atoms with E-state index >= 15 is 0 Å². The second-order valence-corrected chi connectivity index (χ2v) is 5.56. The highest BCUT2D eigenvalue weighted by atomic mass is 35.5. The zero-order valence-corrected chi connectivity index (χ0v) is 14.6. The van der Waals surface area contributed by atoms with Crippen molar-refractivity contribution in [2.45, 2.75) is 25.1 Å². The van der Waals surface area contributed by atoms with Gasteiger partial charge in [-0.1, -0.05) is 11.6 Å². The number of hydrogen-bond donors (Lipinski definition) is 1. The summed E-state index contributed by atoms with van der Waals surface area (Å²) < 4.78 is 51.6. The fraction of sp³-hybridized carbons (Fsp3) is 0.571. The summed E-state index contributed by atoms with van der Waals surface area (Å²) in [5.74, 6) is -0.509. The highest BCUT2D eigenvalue weighted by Gasteiger charge is 2.32. The minimum Gasteiger partial charge on any atom is -0.314 e. The SMILES string of the molecule is Cl.Cl.Fc1ccc(Cl)cc1[C@H](CCC(F)(F)F)N1CCNCC1. The number of rotatable bonds is 4. The third-order valence-corrected chi connectivity index (χ3v) is 3.85. The van der Waals surface area contributed by atoms with Gasteiger partial charge in [-0.15, -0.1) is 24.8 Å². The molecule has 2 rings (SSSR count). The molecule has 1 saturated heterocycles. The quantitative estimate of drug-likeness (QED) is 0.746. The molecule has 1 aliphatic rings. The Bertz CT molecular complexity index is 480. The Kier molecular flexibility index (Phi) is 9.77. The molecule has 0 aromatic heterocycles. The predicted octanol–water partition coefficient (Wildman–Crippen LogP) is 4.61. The molecule has 0 saturated carbocycles. The Morgan fingerprint density at radius 1 is 1.17 bits per heavy atom. The number of piperazine rings is 1. The minimum atomic E-state index is -4.25. The maximum atomic E-state index is 14.0. The van der Waals surface area contributed by atoms with Crippen LogP contribution in [0.15, 0.2) is 18.2 Å². The summed E-state index contributed by atoms with van der Waals surface area (Å²) in [4.78, 5) is 1.89. The Hall–Kier alpha value is -0.270. The van der Waals surface area contributed by atoms with E-state index in [2.05, 4.69) is 5.32 Å². The number of hydrogen-bond acceptors (Lipinski definition) is 2. The average molecular weight is 398 g/mol. The van der Waals surface area contributed by atoms with Crippen LogP contribution in [0.4, 0.5) is 17.6 Å². The molecule has 134 valence electrons. The van der Waals surface area contributed by atoms with Gasteiger partial charge in [0.25, 0.3) is 0 Å². The van der Waals surface area contributed by atoms with Gasteiger partial charge in [0.15, 0.2) is 0 Å². The topological polar surface area (TPSA) is 15.3 Å². The summed E-state index contributed by atoms with van der Waals surface area (Å²) >= 11 is 5.87. The van der Waals surface area contributed by atoms with Crippen LogP contribution in [0.25, 0.3) is 0 Å². The van der Waals surface area contributed by atoms with Crippen molar-refractivity contribution in [3.05, 3.63) is 34.6 Å². The predicted molar refractivity (Wildman–Crippen MR) is 88.4 cm³/mol. The summed E-state index contributed by atoms with van der Waals surface area (Å²) in [6, 6.07) is 3.44. The van der Waals surface area contributed by atoms with Crippen LogP contribution in [0.1, 0.15) is 24.4 Å². The van der Waals surface area contributed by atoms with Crippen LogP contribution >= 0.6 is 36.4 Å². The van der Waals surface area contributed by atoms with Crippen LogP contribution in [-0.2, 0) is 0 Å². The number of benzene rings is 1. The van der Waals surface area contributed by atoms with E-state index in [4.69, 9.17) is 11.6 Å². The lowest BCUT2D eigenvalue weighted by atomic mass is 9.98. The van der Waals surface area contributed by atoms with E-state index in [0.29, 0.717) is 31.2 Å². The van der Waals surface area contributed by atoms with Gasteiger partial charge in [-0.2, -0.15) is 13.2 Å². The molecule has 1 aromatic rings. The van der Waals surface area contributed by atoms with Crippen LogP contribution in [-0.4, -0.2) is 37.3 Å². The fourth-order valence-electron chi connectivity index (χ4n) is 2.60. The third-order valence-electron chi connectivity index (χ3n) is 3.61. The largest absolute Gasteiger partial charge is 0.389 e. The van der Waals surface area contributed by atoms with E-state index in [-0.39, 0.29) is 36.8 Å². The fourth-order valence-corrected chi connectivity index (χ4v) is 2.78. The molecule has 0 amide bonds. The Morgan fingerprint density at radius 2 is 1.78 bits per heavy atom. The van der Waals surface area contributed by atoms with E-state index in [0.717, 1.165) is 0 Å². The van der Waals surface area contributed by atoms with E-state index < -0.39 is 24.5 Å². The van der Waals surface area contributed by atoms with Crippen molar-refractivity contribution < 1.29 is 17.6 Å². The van der Waals surface area contributed by atoms with E-state index in [1.807, 2.05) is 4.90 Å². The van der Waals surface area contributed by atoms with Gasteiger partial charge >= 0.3 is 6.18 Å². The molecular formula is C14H19Cl3F4N2. The summed E-state index contributed by atoms with van der Waals surface area (Å²) in [6.45, 7) is 2.55. The lowest BCUT2D eigenvalue weighted by molar-refractivity contribution is -0.138. The van der Waals surface area contributed by atoms with E-state index in [9.17, 15) is 17.6 Å².